The van der Waals surface area contributed by atoms with E-state index in [0.29, 0.717) is 12.0 Å². The van der Waals surface area contributed by atoms with Gasteiger partial charge < -0.3 is 9.47 Å². The Morgan fingerprint density at radius 3 is 2.65 bits per heavy atom. The van der Waals surface area contributed by atoms with Gasteiger partial charge in [-0.2, -0.15) is 0 Å². The van der Waals surface area contributed by atoms with Crippen LogP contribution in [0.2, 0.25) is 5.02 Å². The third-order valence-electron chi connectivity index (χ3n) is 6.66. The molecule has 2 saturated heterocycles. The van der Waals surface area contributed by atoms with Gasteiger partial charge >= 0.3 is 0 Å². The number of nitrogens with zero attached hydrogens (tertiary/aromatic N) is 4. The highest BCUT2D eigenvalue weighted by Gasteiger charge is 2.28. The molecule has 3 aromatic rings. The number of likely N-dealkylation sites (tertiary alicyclic amines) is 1. The van der Waals surface area contributed by atoms with Crippen molar-refractivity contribution in [3.63, 3.8) is 0 Å². The molecule has 0 unspecified atom stereocenters. The maximum atomic E-state index is 6.04. The van der Waals surface area contributed by atoms with E-state index in [1.807, 2.05) is 24.3 Å². The van der Waals surface area contributed by atoms with Gasteiger partial charge in [0.15, 0.2) is 5.16 Å². The molecule has 1 aromatic heterocycles. The van der Waals surface area contributed by atoms with E-state index >= 15 is 0 Å². The predicted molar refractivity (Wildman–Crippen MR) is 136 cm³/mol. The Balaban J connectivity index is 1.32. The first-order valence-corrected chi connectivity index (χ1v) is 13.4. The van der Waals surface area contributed by atoms with Crippen molar-refractivity contribution in [3.05, 3.63) is 64.9 Å². The summed E-state index contributed by atoms with van der Waals surface area (Å²) in [6.07, 6.45) is 4.70. The zero-order chi connectivity index (χ0) is 23.3. The van der Waals surface area contributed by atoms with E-state index in [1.165, 1.54) is 5.56 Å². The largest absolute Gasteiger partial charge is 0.497 e. The molecule has 2 aliphatic rings. The number of hydrogen-bond acceptors (Lipinski definition) is 6. The molecule has 0 N–H and O–H groups in total. The summed E-state index contributed by atoms with van der Waals surface area (Å²) < 4.78 is 13.6. The number of thioether (sulfide) groups is 1. The second-order valence-corrected chi connectivity index (χ2v) is 10.4. The number of halogens is 1. The average Bonchev–Trinajstić information content (AvgIpc) is 3.55. The molecule has 0 bridgehead atoms. The van der Waals surface area contributed by atoms with Crippen LogP contribution < -0.4 is 4.74 Å². The van der Waals surface area contributed by atoms with Gasteiger partial charge in [-0.25, -0.2) is 0 Å². The molecule has 5 rings (SSSR count). The molecule has 3 heterocycles. The number of hydrogen-bond donors (Lipinski definition) is 0. The van der Waals surface area contributed by atoms with Crippen molar-refractivity contribution in [2.24, 2.45) is 0 Å². The van der Waals surface area contributed by atoms with Gasteiger partial charge in [0.2, 0.25) is 0 Å². The summed E-state index contributed by atoms with van der Waals surface area (Å²) in [6.45, 7) is 3.90. The Morgan fingerprint density at radius 1 is 1.09 bits per heavy atom. The molecule has 0 aliphatic carbocycles. The van der Waals surface area contributed by atoms with Crippen molar-refractivity contribution in [1.82, 2.24) is 19.7 Å². The number of benzene rings is 2. The molecule has 6 nitrogen and oxygen atoms in total. The van der Waals surface area contributed by atoms with Gasteiger partial charge in [-0.3, -0.25) is 9.47 Å². The van der Waals surface area contributed by atoms with Crippen LogP contribution in [0.4, 0.5) is 0 Å². The van der Waals surface area contributed by atoms with E-state index < -0.39 is 0 Å². The molecule has 2 fully saturated rings. The number of rotatable bonds is 8. The van der Waals surface area contributed by atoms with E-state index in [2.05, 4.69) is 38.8 Å². The molecule has 34 heavy (non-hydrogen) atoms. The summed E-state index contributed by atoms with van der Waals surface area (Å²) in [5.41, 5.74) is 2.35. The smallest absolute Gasteiger partial charge is 0.195 e. The second-order valence-electron chi connectivity index (χ2n) is 9.00. The van der Waals surface area contributed by atoms with Crippen molar-refractivity contribution in [2.75, 3.05) is 32.6 Å². The first-order valence-electron chi connectivity index (χ1n) is 12.0. The molecule has 0 spiro atoms. The zero-order valence-corrected chi connectivity index (χ0v) is 21.1. The number of methoxy groups -OCH3 is 1. The fourth-order valence-corrected chi connectivity index (χ4v) is 5.92. The van der Waals surface area contributed by atoms with Crippen LogP contribution in [-0.2, 0) is 11.3 Å². The lowest BCUT2D eigenvalue weighted by Gasteiger charge is -2.31. The SMILES string of the molecule is COc1cccc(-n2c(SC[C@H]3CCCO3)nnc2C2CCN(Cc3ccc(Cl)cc3)CC2)c1. The zero-order valence-electron chi connectivity index (χ0n) is 19.5. The lowest BCUT2D eigenvalue weighted by Crippen LogP contribution is -2.33. The van der Waals surface area contributed by atoms with Crippen LogP contribution in [0.5, 0.6) is 5.75 Å². The number of ether oxygens (including phenoxy) is 2. The summed E-state index contributed by atoms with van der Waals surface area (Å²) in [6, 6.07) is 16.4. The van der Waals surface area contributed by atoms with Crippen molar-refractivity contribution in [2.45, 2.75) is 49.4 Å². The van der Waals surface area contributed by atoms with E-state index in [1.54, 1.807) is 18.9 Å². The van der Waals surface area contributed by atoms with Gasteiger partial charge in [0, 0.05) is 35.9 Å². The van der Waals surface area contributed by atoms with Crippen molar-refractivity contribution in [3.8, 4) is 11.4 Å². The van der Waals surface area contributed by atoms with E-state index in [4.69, 9.17) is 26.2 Å². The Morgan fingerprint density at radius 2 is 1.91 bits per heavy atom. The minimum atomic E-state index is 0.306. The summed E-state index contributed by atoms with van der Waals surface area (Å²) in [5, 5.41) is 11.1. The lowest BCUT2D eigenvalue weighted by molar-refractivity contribution is 0.129. The Bertz CT molecular complexity index is 1080. The highest BCUT2D eigenvalue weighted by molar-refractivity contribution is 7.99. The number of piperidine rings is 1. The molecule has 0 saturated carbocycles. The minimum Gasteiger partial charge on any atom is -0.497 e. The monoisotopic (exact) mass is 498 g/mol. The molecule has 0 radical (unpaired) electrons. The molecule has 2 aliphatic heterocycles. The quantitative estimate of drug-likeness (QED) is 0.378. The molecule has 2 aromatic carbocycles. The van der Waals surface area contributed by atoms with Crippen LogP contribution in [0, 0.1) is 0 Å². The lowest BCUT2D eigenvalue weighted by atomic mass is 9.95. The van der Waals surface area contributed by atoms with Crippen molar-refractivity contribution in [1.29, 1.82) is 0 Å². The minimum absolute atomic E-state index is 0.306. The standard InChI is InChI=1S/C26H31ClN4O2S/c1-32-23-5-2-4-22(16-23)31-25(28-29-26(31)34-18-24-6-3-15-33-24)20-11-13-30(14-12-20)17-19-7-9-21(27)10-8-19/h2,4-5,7-10,16,20,24H,3,6,11-15,17-18H2,1H3/t24-/m1/s1. The van der Waals surface area contributed by atoms with Crippen LogP contribution in [0.25, 0.3) is 5.69 Å². The van der Waals surface area contributed by atoms with Crippen LogP contribution in [0.15, 0.2) is 53.7 Å². The normalized spacial score (nSPS) is 19.5. The van der Waals surface area contributed by atoms with E-state index in [-0.39, 0.29) is 0 Å². The molecular weight excluding hydrogens is 468 g/mol. The highest BCUT2D eigenvalue weighted by Crippen LogP contribution is 2.34. The van der Waals surface area contributed by atoms with Gasteiger partial charge in [0.05, 0.1) is 18.9 Å². The third kappa shape index (κ3) is 5.60. The summed E-state index contributed by atoms with van der Waals surface area (Å²) >= 11 is 7.78. The van der Waals surface area contributed by atoms with Crippen LogP contribution >= 0.6 is 23.4 Å². The predicted octanol–water partition coefficient (Wildman–Crippen LogP) is 5.58. The highest BCUT2D eigenvalue weighted by atomic mass is 35.5. The maximum absolute atomic E-state index is 6.04. The Hall–Kier alpha value is -2.06. The van der Waals surface area contributed by atoms with Crippen LogP contribution in [-0.4, -0.2) is 58.3 Å². The first-order chi connectivity index (χ1) is 16.7. The first kappa shape index (κ1) is 23.7. The molecule has 1 atom stereocenters. The Labute approximate surface area is 210 Å². The molecule has 0 amide bonds. The van der Waals surface area contributed by atoms with Crippen molar-refractivity contribution >= 4 is 23.4 Å². The van der Waals surface area contributed by atoms with Crippen LogP contribution in [0.1, 0.15) is 43.0 Å². The van der Waals surface area contributed by atoms with E-state index in [0.717, 1.165) is 85.1 Å². The fourth-order valence-electron chi connectivity index (χ4n) is 4.77. The molecule has 180 valence electrons. The summed E-state index contributed by atoms with van der Waals surface area (Å²) in [7, 11) is 1.70. The van der Waals surface area contributed by atoms with Gasteiger partial charge in [0.25, 0.3) is 0 Å². The fraction of sp³-hybridized carbons (Fsp3) is 0.462. The maximum Gasteiger partial charge on any atom is 0.195 e. The number of aromatic nitrogens is 3. The summed E-state index contributed by atoms with van der Waals surface area (Å²) in [4.78, 5) is 2.51. The molecule has 8 heteroatoms. The van der Waals surface area contributed by atoms with Gasteiger partial charge in [-0.15, -0.1) is 10.2 Å². The van der Waals surface area contributed by atoms with Crippen LogP contribution in [0.3, 0.4) is 0 Å². The van der Waals surface area contributed by atoms with Gasteiger partial charge in [-0.1, -0.05) is 41.6 Å². The van der Waals surface area contributed by atoms with Crippen molar-refractivity contribution < 1.29 is 9.47 Å². The van der Waals surface area contributed by atoms with E-state index in [9.17, 15) is 0 Å². The average molecular weight is 499 g/mol. The second kappa shape index (κ2) is 11.1. The topological polar surface area (TPSA) is 52.4 Å². The molecular formula is C26H31ClN4O2S. The van der Waals surface area contributed by atoms with Gasteiger partial charge in [0.1, 0.15) is 11.6 Å². The third-order valence-corrected chi connectivity index (χ3v) is 7.98. The van der Waals surface area contributed by atoms with Gasteiger partial charge in [-0.05, 0) is 68.6 Å². The summed E-state index contributed by atoms with van der Waals surface area (Å²) in [5.74, 6) is 3.17. The Kier molecular flexibility index (Phi) is 7.74.